The first-order valence-corrected chi connectivity index (χ1v) is 9.83. The number of carboxylic acids is 3. The normalized spacial score (nSPS) is 17.2. The largest absolute Gasteiger partial charge is 0.477 e. The molecule has 0 bridgehead atoms. The number of hydrogen-bond donors (Lipinski definition) is 3. The number of rotatable bonds is 15. The molecule has 156 valence electrons. The molecule has 0 fully saturated rings. The number of carbonyl (C=O) groups is 3. The van der Waals surface area contributed by atoms with E-state index in [1.807, 2.05) is 6.08 Å². The van der Waals surface area contributed by atoms with Crippen molar-refractivity contribution in [2.45, 2.75) is 90.8 Å². The number of aliphatic carboxylic acids is 3. The molecule has 0 heterocycles. The minimum absolute atomic E-state index is 0.0459. The van der Waals surface area contributed by atoms with E-state index in [1.165, 1.54) is 46.5 Å². The summed E-state index contributed by atoms with van der Waals surface area (Å²) in [6.45, 7) is 6.35. The zero-order valence-electron chi connectivity index (χ0n) is 17.1. The SMILES string of the molecule is CCCCCCCC/C=C/C[N+](C(C)C(=O)O)(C(C)C(=O)O)C(C)C(=O)O. The van der Waals surface area contributed by atoms with Crippen molar-refractivity contribution in [1.29, 1.82) is 0 Å². The van der Waals surface area contributed by atoms with Crippen LogP contribution in [0.2, 0.25) is 0 Å². The Morgan fingerprint density at radius 3 is 1.56 bits per heavy atom. The smallest absolute Gasteiger partial charge is 0.362 e. The van der Waals surface area contributed by atoms with Crippen LogP contribution in [0.4, 0.5) is 0 Å². The van der Waals surface area contributed by atoms with Crippen molar-refractivity contribution in [2.75, 3.05) is 6.54 Å². The Labute approximate surface area is 162 Å². The maximum Gasteiger partial charge on any atom is 0.362 e. The molecule has 7 nitrogen and oxygen atoms in total. The topological polar surface area (TPSA) is 112 Å². The molecule has 0 aromatic carbocycles. The third kappa shape index (κ3) is 7.33. The monoisotopic (exact) mass is 386 g/mol. The Morgan fingerprint density at radius 1 is 0.741 bits per heavy atom. The molecule has 0 rings (SSSR count). The van der Waals surface area contributed by atoms with E-state index in [-0.39, 0.29) is 6.54 Å². The van der Waals surface area contributed by atoms with Gasteiger partial charge >= 0.3 is 17.9 Å². The van der Waals surface area contributed by atoms with Crippen molar-refractivity contribution < 1.29 is 34.2 Å². The van der Waals surface area contributed by atoms with Crippen LogP contribution in [-0.2, 0) is 14.4 Å². The molecule has 0 spiro atoms. The fraction of sp³-hybridized carbons (Fsp3) is 0.750. The average molecular weight is 387 g/mol. The first-order valence-electron chi connectivity index (χ1n) is 9.83. The van der Waals surface area contributed by atoms with Crippen molar-refractivity contribution in [3.63, 3.8) is 0 Å². The first kappa shape index (κ1) is 25.1. The quantitative estimate of drug-likeness (QED) is 0.225. The molecule has 0 saturated carbocycles. The van der Waals surface area contributed by atoms with E-state index in [9.17, 15) is 29.7 Å². The van der Waals surface area contributed by atoms with Gasteiger partial charge in [0.25, 0.3) is 0 Å². The summed E-state index contributed by atoms with van der Waals surface area (Å²) in [5, 5.41) is 28.5. The second kappa shape index (κ2) is 12.5. The molecule has 0 aliphatic carbocycles. The van der Waals surface area contributed by atoms with Crippen LogP contribution in [0.3, 0.4) is 0 Å². The number of unbranched alkanes of at least 4 members (excludes halogenated alkanes) is 6. The number of carboxylic acid groups (broad SMARTS) is 3. The second-order valence-corrected chi connectivity index (χ2v) is 7.25. The van der Waals surface area contributed by atoms with Crippen molar-refractivity contribution in [3.8, 4) is 0 Å². The van der Waals surface area contributed by atoms with E-state index in [1.54, 1.807) is 6.08 Å². The summed E-state index contributed by atoms with van der Waals surface area (Å²) in [6.07, 6.45) is 11.4. The maximum atomic E-state index is 11.6. The predicted octanol–water partition coefficient (Wildman–Crippen LogP) is 3.53. The Hall–Kier alpha value is -1.89. The van der Waals surface area contributed by atoms with E-state index in [0.717, 1.165) is 19.3 Å². The van der Waals surface area contributed by atoms with Gasteiger partial charge in [-0.3, -0.25) is 4.48 Å². The Bertz CT molecular complexity index is 466. The Kier molecular flexibility index (Phi) is 11.6. The Balaban J connectivity index is 5.24. The van der Waals surface area contributed by atoms with Crippen LogP contribution in [0.5, 0.6) is 0 Å². The molecule has 0 aliphatic heterocycles. The average Bonchev–Trinajstić information content (AvgIpc) is 2.61. The van der Waals surface area contributed by atoms with Crippen LogP contribution in [0.25, 0.3) is 0 Å². The molecule has 0 aromatic rings. The molecule has 27 heavy (non-hydrogen) atoms. The van der Waals surface area contributed by atoms with Gasteiger partial charge in [0.2, 0.25) is 0 Å². The zero-order chi connectivity index (χ0) is 21.0. The van der Waals surface area contributed by atoms with E-state index < -0.39 is 40.5 Å². The molecule has 3 atom stereocenters. The summed E-state index contributed by atoms with van der Waals surface area (Å²) in [6, 6.07) is -3.50. The number of allylic oxidation sites excluding steroid dienone is 1. The molecule has 0 aliphatic rings. The van der Waals surface area contributed by atoms with Crippen molar-refractivity contribution in [2.24, 2.45) is 0 Å². The van der Waals surface area contributed by atoms with E-state index in [4.69, 9.17) is 0 Å². The van der Waals surface area contributed by atoms with Gasteiger partial charge in [0.05, 0.1) is 6.54 Å². The van der Waals surface area contributed by atoms with Gasteiger partial charge < -0.3 is 15.3 Å². The minimum Gasteiger partial charge on any atom is -0.477 e. The van der Waals surface area contributed by atoms with Crippen LogP contribution in [0, 0.1) is 0 Å². The highest BCUT2D eigenvalue weighted by Gasteiger charge is 2.52. The van der Waals surface area contributed by atoms with Crippen LogP contribution >= 0.6 is 0 Å². The van der Waals surface area contributed by atoms with Crippen LogP contribution in [0.15, 0.2) is 12.2 Å². The fourth-order valence-electron chi connectivity index (χ4n) is 3.51. The van der Waals surface area contributed by atoms with Crippen molar-refractivity contribution >= 4 is 17.9 Å². The Morgan fingerprint density at radius 2 is 1.15 bits per heavy atom. The lowest BCUT2D eigenvalue weighted by Crippen LogP contribution is -2.70. The highest BCUT2D eigenvalue weighted by Crippen LogP contribution is 2.26. The standard InChI is InChI=1S/C20H35NO6/c1-5-6-7-8-9-10-11-12-13-14-21(15(2)18(22)23,16(3)19(24)25)17(4)20(26)27/h12-13,15-17H,5-11,14H2,1-4H3,(H2-,22,23,24,25,26,27)/p+1/b13-12+. The molecule has 3 N–H and O–H groups in total. The van der Waals surface area contributed by atoms with Gasteiger partial charge in [0.15, 0.2) is 18.1 Å². The number of quaternary nitrogens is 1. The van der Waals surface area contributed by atoms with Gasteiger partial charge in [-0.25, -0.2) is 14.4 Å². The predicted molar refractivity (Wildman–Crippen MR) is 104 cm³/mol. The molecular weight excluding hydrogens is 350 g/mol. The van der Waals surface area contributed by atoms with Crippen LogP contribution in [-0.4, -0.2) is 62.4 Å². The lowest BCUT2D eigenvalue weighted by molar-refractivity contribution is -0.962. The van der Waals surface area contributed by atoms with E-state index >= 15 is 0 Å². The van der Waals surface area contributed by atoms with Gasteiger partial charge in [-0.2, -0.15) is 0 Å². The first-order chi connectivity index (χ1) is 12.6. The molecular formula is C20H36NO6+. The maximum absolute atomic E-state index is 11.6. The van der Waals surface area contributed by atoms with E-state index in [0.29, 0.717) is 0 Å². The van der Waals surface area contributed by atoms with Crippen LogP contribution in [0.1, 0.15) is 72.6 Å². The summed E-state index contributed by atoms with van der Waals surface area (Å²) in [5.74, 6) is -3.62. The lowest BCUT2D eigenvalue weighted by Gasteiger charge is -2.46. The highest BCUT2D eigenvalue weighted by atomic mass is 16.4. The number of nitrogens with zero attached hydrogens (tertiary/aromatic N) is 1. The van der Waals surface area contributed by atoms with Crippen LogP contribution < -0.4 is 0 Å². The third-order valence-corrected chi connectivity index (χ3v) is 5.55. The van der Waals surface area contributed by atoms with Gasteiger partial charge in [-0.05, 0) is 39.7 Å². The van der Waals surface area contributed by atoms with Gasteiger partial charge in [-0.15, -0.1) is 0 Å². The van der Waals surface area contributed by atoms with Crippen molar-refractivity contribution in [3.05, 3.63) is 12.2 Å². The summed E-state index contributed by atoms with van der Waals surface area (Å²) in [4.78, 5) is 34.9. The van der Waals surface area contributed by atoms with Gasteiger partial charge in [-0.1, -0.05) is 45.1 Å². The fourth-order valence-corrected chi connectivity index (χ4v) is 3.51. The highest BCUT2D eigenvalue weighted by molar-refractivity contribution is 5.77. The summed E-state index contributed by atoms with van der Waals surface area (Å²) < 4.78 is -0.562. The molecule has 0 amide bonds. The minimum atomic E-state index is -1.21. The second-order valence-electron chi connectivity index (χ2n) is 7.25. The molecule has 0 aromatic heterocycles. The van der Waals surface area contributed by atoms with Gasteiger partial charge in [0, 0.05) is 0 Å². The van der Waals surface area contributed by atoms with E-state index in [2.05, 4.69) is 6.92 Å². The van der Waals surface area contributed by atoms with Gasteiger partial charge in [0.1, 0.15) is 0 Å². The summed E-state index contributed by atoms with van der Waals surface area (Å²) in [7, 11) is 0. The molecule has 3 unspecified atom stereocenters. The third-order valence-electron chi connectivity index (χ3n) is 5.55. The number of hydrogen-bond acceptors (Lipinski definition) is 3. The van der Waals surface area contributed by atoms with Crippen molar-refractivity contribution in [1.82, 2.24) is 0 Å². The molecule has 7 heteroatoms. The summed E-state index contributed by atoms with van der Waals surface area (Å²) in [5.41, 5.74) is 0. The molecule has 0 radical (unpaired) electrons. The zero-order valence-corrected chi connectivity index (χ0v) is 17.1. The lowest BCUT2D eigenvalue weighted by atomic mass is 10.0. The summed E-state index contributed by atoms with van der Waals surface area (Å²) >= 11 is 0. The molecule has 0 saturated heterocycles.